The van der Waals surface area contributed by atoms with Crippen molar-refractivity contribution < 1.29 is 18.6 Å². The van der Waals surface area contributed by atoms with Crippen molar-refractivity contribution in [2.24, 2.45) is 0 Å². The molecule has 0 spiro atoms. The van der Waals surface area contributed by atoms with E-state index in [1.165, 1.54) is 0 Å². The fourth-order valence-corrected chi connectivity index (χ4v) is 3.17. The standard InChI is InChI=1S/C7H15NO4S/c9-3-1-2-8-6-4-13(11,12)5-7(6)10/h6-10H,1-5H2/t6-,7+/m1/s1. The van der Waals surface area contributed by atoms with Crippen molar-refractivity contribution >= 4 is 9.84 Å². The Kier molecular flexibility index (Phi) is 3.66. The molecule has 13 heavy (non-hydrogen) atoms. The number of hydrogen-bond acceptors (Lipinski definition) is 5. The molecule has 2 atom stereocenters. The van der Waals surface area contributed by atoms with Crippen molar-refractivity contribution in [3.05, 3.63) is 0 Å². The Labute approximate surface area is 77.7 Å². The van der Waals surface area contributed by atoms with Crippen molar-refractivity contribution in [2.45, 2.75) is 18.6 Å². The number of hydrogen-bond donors (Lipinski definition) is 3. The van der Waals surface area contributed by atoms with E-state index in [4.69, 9.17) is 5.11 Å². The molecule has 6 heteroatoms. The Bertz CT molecular complexity index is 251. The van der Waals surface area contributed by atoms with Gasteiger partial charge in [-0.2, -0.15) is 0 Å². The first kappa shape index (κ1) is 10.9. The molecule has 0 radical (unpaired) electrons. The lowest BCUT2D eigenvalue weighted by atomic mass is 10.2. The van der Waals surface area contributed by atoms with E-state index in [-0.39, 0.29) is 24.2 Å². The molecular weight excluding hydrogens is 194 g/mol. The average Bonchev–Trinajstić information content (AvgIpc) is 2.25. The Balaban J connectivity index is 2.36. The Morgan fingerprint density at radius 1 is 1.38 bits per heavy atom. The molecule has 0 aromatic heterocycles. The highest BCUT2D eigenvalue weighted by atomic mass is 32.2. The molecule has 0 aliphatic carbocycles. The van der Waals surface area contributed by atoms with Gasteiger partial charge in [0.25, 0.3) is 0 Å². The van der Waals surface area contributed by atoms with E-state index in [9.17, 15) is 13.5 Å². The van der Waals surface area contributed by atoms with E-state index in [1.807, 2.05) is 0 Å². The van der Waals surface area contributed by atoms with Crippen LogP contribution < -0.4 is 5.32 Å². The molecular formula is C7H15NO4S. The summed E-state index contributed by atoms with van der Waals surface area (Å²) in [5, 5.41) is 20.7. The van der Waals surface area contributed by atoms with Gasteiger partial charge in [-0.1, -0.05) is 0 Å². The van der Waals surface area contributed by atoms with Crippen LogP contribution in [0.2, 0.25) is 0 Å². The summed E-state index contributed by atoms with van der Waals surface area (Å²) >= 11 is 0. The van der Waals surface area contributed by atoms with Crippen molar-refractivity contribution in [3.63, 3.8) is 0 Å². The van der Waals surface area contributed by atoms with Crippen LogP contribution in [0.25, 0.3) is 0 Å². The average molecular weight is 209 g/mol. The maximum atomic E-state index is 11.0. The third kappa shape index (κ3) is 3.22. The van der Waals surface area contributed by atoms with Crippen LogP contribution in [0.15, 0.2) is 0 Å². The number of rotatable bonds is 4. The van der Waals surface area contributed by atoms with Crippen molar-refractivity contribution in [1.82, 2.24) is 5.32 Å². The molecule has 0 aromatic rings. The molecule has 1 saturated heterocycles. The van der Waals surface area contributed by atoms with Gasteiger partial charge in [-0.15, -0.1) is 0 Å². The number of aliphatic hydroxyl groups is 2. The van der Waals surface area contributed by atoms with Crippen LogP contribution in [-0.2, 0) is 9.84 Å². The van der Waals surface area contributed by atoms with Crippen molar-refractivity contribution in [3.8, 4) is 0 Å². The van der Waals surface area contributed by atoms with Crippen LogP contribution in [0.4, 0.5) is 0 Å². The van der Waals surface area contributed by atoms with Gasteiger partial charge in [0.15, 0.2) is 9.84 Å². The molecule has 1 aliphatic heterocycles. The summed E-state index contributed by atoms with van der Waals surface area (Å²) in [6, 6.07) is -0.364. The van der Waals surface area contributed by atoms with Gasteiger partial charge in [-0.05, 0) is 13.0 Å². The zero-order chi connectivity index (χ0) is 9.90. The minimum Gasteiger partial charge on any atom is -0.396 e. The monoisotopic (exact) mass is 209 g/mol. The first-order valence-corrected chi connectivity index (χ1v) is 6.10. The summed E-state index contributed by atoms with van der Waals surface area (Å²) in [5.41, 5.74) is 0. The number of nitrogens with one attached hydrogen (secondary N) is 1. The molecule has 0 amide bonds. The predicted octanol–water partition coefficient (Wildman–Crippen LogP) is -1.88. The van der Waals surface area contributed by atoms with Crippen LogP contribution in [-0.4, -0.2) is 55.4 Å². The summed E-state index contributed by atoms with van der Waals surface area (Å²) in [5.74, 6) is -0.149. The van der Waals surface area contributed by atoms with Crippen LogP contribution in [0, 0.1) is 0 Å². The van der Waals surface area contributed by atoms with E-state index >= 15 is 0 Å². The Morgan fingerprint density at radius 3 is 2.54 bits per heavy atom. The normalized spacial score (nSPS) is 32.2. The van der Waals surface area contributed by atoms with Gasteiger partial charge >= 0.3 is 0 Å². The summed E-state index contributed by atoms with van der Waals surface area (Å²) in [6.07, 6.45) is -0.229. The van der Waals surface area contributed by atoms with Gasteiger partial charge < -0.3 is 15.5 Å². The first-order valence-electron chi connectivity index (χ1n) is 4.28. The molecule has 0 bridgehead atoms. The van der Waals surface area contributed by atoms with E-state index in [0.29, 0.717) is 13.0 Å². The molecule has 3 N–H and O–H groups in total. The lowest BCUT2D eigenvalue weighted by molar-refractivity contribution is 0.164. The Hall–Kier alpha value is -0.170. The summed E-state index contributed by atoms with van der Waals surface area (Å²) in [7, 11) is -3.06. The SMILES string of the molecule is O=S1(=O)C[C@H](O)[C@H](NCCCO)C1. The fourth-order valence-electron chi connectivity index (χ4n) is 1.39. The molecule has 5 nitrogen and oxygen atoms in total. The maximum Gasteiger partial charge on any atom is 0.154 e. The van der Waals surface area contributed by atoms with Gasteiger partial charge in [0, 0.05) is 12.6 Å². The maximum absolute atomic E-state index is 11.0. The molecule has 78 valence electrons. The second-order valence-corrected chi connectivity index (χ2v) is 5.44. The van der Waals surface area contributed by atoms with Gasteiger partial charge in [-0.25, -0.2) is 8.42 Å². The minimum atomic E-state index is -3.06. The first-order chi connectivity index (χ1) is 6.05. The summed E-state index contributed by atoms with van der Waals surface area (Å²) in [4.78, 5) is 0. The molecule has 0 unspecified atom stereocenters. The highest BCUT2D eigenvalue weighted by Crippen LogP contribution is 2.11. The Morgan fingerprint density at radius 2 is 2.08 bits per heavy atom. The highest BCUT2D eigenvalue weighted by molar-refractivity contribution is 7.91. The van der Waals surface area contributed by atoms with Crippen LogP contribution >= 0.6 is 0 Å². The topological polar surface area (TPSA) is 86.6 Å². The quantitative estimate of drug-likeness (QED) is 0.472. The molecule has 1 fully saturated rings. The van der Waals surface area contributed by atoms with Gasteiger partial charge in [0.2, 0.25) is 0 Å². The second-order valence-electron chi connectivity index (χ2n) is 3.28. The van der Waals surface area contributed by atoms with Crippen molar-refractivity contribution in [2.75, 3.05) is 24.7 Å². The van der Waals surface area contributed by atoms with Crippen LogP contribution in [0.5, 0.6) is 0 Å². The largest absolute Gasteiger partial charge is 0.396 e. The second kappa shape index (κ2) is 4.36. The summed E-state index contributed by atoms with van der Waals surface area (Å²) < 4.78 is 22.1. The van der Waals surface area contributed by atoms with E-state index < -0.39 is 15.9 Å². The minimum absolute atomic E-state index is 0.000402. The number of sulfone groups is 1. The molecule has 1 heterocycles. The molecule has 0 saturated carbocycles. The van der Waals surface area contributed by atoms with E-state index in [2.05, 4.69) is 5.32 Å². The van der Waals surface area contributed by atoms with Gasteiger partial charge in [-0.3, -0.25) is 0 Å². The molecule has 1 aliphatic rings. The highest BCUT2D eigenvalue weighted by Gasteiger charge is 2.35. The third-order valence-corrected chi connectivity index (χ3v) is 3.78. The van der Waals surface area contributed by atoms with E-state index in [1.54, 1.807) is 0 Å². The van der Waals surface area contributed by atoms with Crippen LogP contribution in [0.3, 0.4) is 0 Å². The lowest BCUT2D eigenvalue weighted by Crippen LogP contribution is -2.39. The lowest BCUT2D eigenvalue weighted by Gasteiger charge is -2.13. The fraction of sp³-hybridized carbons (Fsp3) is 1.00. The smallest absolute Gasteiger partial charge is 0.154 e. The van der Waals surface area contributed by atoms with Gasteiger partial charge in [0.05, 0.1) is 17.6 Å². The zero-order valence-corrected chi connectivity index (χ0v) is 8.13. The number of aliphatic hydroxyl groups excluding tert-OH is 2. The van der Waals surface area contributed by atoms with E-state index in [0.717, 1.165) is 0 Å². The third-order valence-electron chi connectivity index (χ3n) is 2.06. The predicted molar refractivity (Wildman–Crippen MR) is 48.2 cm³/mol. The molecule has 1 rings (SSSR count). The van der Waals surface area contributed by atoms with Crippen LogP contribution in [0.1, 0.15) is 6.42 Å². The molecule has 0 aromatic carbocycles. The summed E-state index contributed by atoms with van der Waals surface area (Å²) in [6.45, 7) is 0.607. The zero-order valence-electron chi connectivity index (χ0n) is 7.31. The van der Waals surface area contributed by atoms with Gasteiger partial charge in [0.1, 0.15) is 0 Å². The van der Waals surface area contributed by atoms with Crippen molar-refractivity contribution in [1.29, 1.82) is 0 Å².